The Balaban J connectivity index is 2.33. The molecule has 1 aromatic carbocycles. The molecule has 1 unspecified atom stereocenters. The largest absolute Gasteiger partial charge is 0.351 e. The molecule has 0 aliphatic heterocycles. The summed E-state index contributed by atoms with van der Waals surface area (Å²) in [5, 5.41) is 3.08. The maximum Gasteiger partial charge on any atom is 0.313 e. The summed E-state index contributed by atoms with van der Waals surface area (Å²) in [5.41, 5.74) is 1.55. The third-order valence-electron chi connectivity index (χ3n) is 4.88. The van der Waals surface area contributed by atoms with Gasteiger partial charge in [0.05, 0.1) is 0 Å². The van der Waals surface area contributed by atoms with Gasteiger partial charge < -0.3 is 14.9 Å². The molecule has 0 bridgehead atoms. The van der Waals surface area contributed by atoms with Crippen LogP contribution in [0.1, 0.15) is 12.6 Å². The molecule has 0 fully saturated rings. The van der Waals surface area contributed by atoms with Crippen molar-refractivity contribution in [3.63, 3.8) is 0 Å². The Bertz CT molecular complexity index is 788. The summed E-state index contributed by atoms with van der Waals surface area (Å²) in [6, 6.07) is 15.7. The van der Waals surface area contributed by atoms with E-state index in [0.717, 1.165) is 17.9 Å². The summed E-state index contributed by atoms with van der Waals surface area (Å²) in [6.07, 6.45) is 1.84. The highest BCUT2D eigenvalue weighted by Gasteiger charge is 2.38. The van der Waals surface area contributed by atoms with Crippen molar-refractivity contribution in [3.05, 3.63) is 60.4 Å². The summed E-state index contributed by atoms with van der Waals surface area (Å²) in [5.74, 6) is 0. The second-order valence-electron chi connectivity index (χ2n) is 9.93. The van der Waals surface area contributed by atoms with Crippen LogP contribution in [-0.4, -0.2) is 45.1 Å². The van der Waals surface area contributed by atoms with Crippen molar-refractivity contribution in [2.24, 2.45) is 0 Å². The Morgan fingerprint density at radius 3 is 2.14 bits per heavy atom. The molecule has 1 heterocycles. The lowest BCUT2D eigenvalue weighted by atomic mass is 9.86. The van der Waals surface area contributed by atoms with Crippen LogP contribution < -0.4 is 10.3 Å². The summed E-state index contributed by atoms with van der Waals surface area (Å²) < 4.78 is 2.06. The van der Waals surface area contributed by atoms with Crippen LogP contribution in [0.15, 0.2) is 54.7 Å². The highest BCUT2D eigenvalue weighted by Crippen LogP contribution is 2.26. The van der Waals surface area contributed by atoms with E-state index in [-0.39, 0.29) is 11.4 Å². The van der Waals surface area contributed by atoms with Crippen LogP contribution in [0.4, 0.5) is 10.5 Å². The molecule has 158 valence electrons. The smallest absolute Gasteiger partial charge is 0.313 e. The third kappa shape index (κ3) is 7.10. The highest BCUT2D eigenvalue weighted by molar-refractivity contribution is 6.75. The number of nitrogens with zero attached hydrogens (tertiary/aromatic N) is 2. The van der Waals surface area contributed by atoms with E-state index in [1.807, 2.05) is 48.7 Å². The second-order valence-corrected chi connectivity index (χ2v) is 19.7. The molecule has 0 saturated carbocycles. The average Bonchev–Trinajstić information content (AvgIpc) is 2.64. The van der Waals surface area contributed by atoms with Gasteiger partial charge in [0.15, 0.2) is 8.24 Å². The lowest BCUT2D eigenvalue weighted by molar-refractivity contribution is 0.224. The summed E-state index contributed by atoms with van der Waals surface area (Å²) in [4.78, 5) is 21.7. The number of aromatic nitrogens is 1. The molecule has 1 aromatic heterocycles. The predicted octanol–water partition coefficient (Wildman–Crippen LogP) is 5.13. The monoisotopic (exact) mass is 428 g/mol. The quantitative estimate of drug-likeness (QED) is 0.573. The fourth-order valence-electron chi connectivity index (χ4n) is 3.08. The zero-order valence-corrected chi connectivity index (χ0v) is 20.9. The number of benzene rings is 1. The normalized spacial score (nSPS) is 14.2. The van der Waals surface area contributed by atoms with E-state index >= 15 is 0 Å². The van der Waals surface area contributed by atoms with Gasteiger partial charge in [-0.15, -0.1) is 0 Å². The Hall–Kier alpha value is -1.97. The maximum absolute atomic E-state index is 13.3. The van der Waals surface area contributed by atoms with Gasteiger partial charge in [0, 0.05) is 36.1 Å². The molecule has 1 atom stereocenters. The van der Waals surface area contributed by atoms with Gasteiger partial charge in [-0.1, -0.05) is 70.5 Å². The van der Waals surface area contributed by atoms with Crippen LogP contribution in [0, 0.1) is 0 Å². The van der Waals surface area contributed by atoms with E-state index in [1.54, 1.807) is 0 Å². The van der Waals surface area contributed by atoms with Crippen LogP contribution in [0.3, 0.4) is 0 Å². The minimum atomic E-state index is -1.94. The van der Waals surface area contributed by atoms with E-state index in [4.69, 9.17) is 0 Å². The summed E-state index contributed by atoms with van der Waals surface area (Å²) >= 11 is 0. The third-order valence-corrected chi connectivity index (χ3v) is 8.10. The van der Waals surface area contributed by atoms with Crippen LogP contribution in [0.25, 0.3) is 0 Å². The number of carbonyl (C=O) groups is 1. The van der Waals surface area contributed by atoms with Crippen molar-refractivity contribution in [2.45, 2.75) is 51.6 Å². The molecule has 2 rings (SSSR count). The van der Waals surface area contributed by atoms with Gasteiger partial charge in [-0.2, -0.15) is 0 Å². The van der Waals surface area contributed by atoms with E-state index in [2.05, 4.69) is 72.1 Å². The van der Waals surface area contributed by atoms with Crippen molar-refractivity contribution < 1.29 is 4.79 Å². The number of carbonyl (C=O) groups excluding carboxylic acids is 1. The molecule has 0 aliphatic carbocycles. The molecule has 2 amide bonds. The van der Waals surface area contributed by atoms with Crippen molar-refractivity contribution in [3.8, 4) is 0 Å². The fourth-order valence-corrected chi connectivity index (χ4v) is 5.49. The van der Waals surface area contributed by atoms with E-state index in [0.29, 0.717) is 6.54 Å². The van der Waals surface area contributed by atoms with Crippen LogP contribution >= 0.6 is 0 Å². The van der Waals surface area contributed by atoms with Gasteiger partial charge in [-0.3, -0.25) is 4.98 Å². The van der Waals surface area contributed by atoms with Crippen LogP contribution in [0.5, 0.6) is 0 Å². The minimum Gasteiger partial charge on any atom is -0.351 e. The average molecular weight is 429 g/mol. The topological polar surface area (TPSA) is 57.3 Å². The highest BCUT2D eigenvalue weighted by atomic mass is 28.3. The first-order valence-electron chi connectivity index (χ1n) is 10.2. The van der Waals surface area contributed by atoms with Gasteiger partial charge in [-0.25, -0.2) is 4.79 Å². The van der Waals surface area contributed by atoms with Crippen molar-refractivity contribution >= 4 is 28.2 Å². The number of para-hydroxylation sites is 1. The van der Waals surface area contributed by atoms with E-state index in [1.165, 1.54) is 0 Å². The lowest BCUT2D eigenvalue weighted by Crippen LogP contribution is -2.59. The van der Waals surface area contributed by atoms with Crippen molar-refractivity contribution in [2.75, 3.05) is 18.4 Å². The second kappa shape index (κ2) is 9.23. The minimum absolute atomic E-state index is 0.0365. The Morgan fingerprint density at radius 2 is 1.62 bits per heavy atom. The fraction of sp³-hybridized carbons (Fsp3) is 0.455. The Kier molecular flexibility index (Phi) is 7.42. The zero-order chi connectivity index (χ0) is 21.7. The first kappa shape index (κ1) is 23.3. The number of anilines is 1. The Morgan fingerprint density at radius 1 is 1.00 bits per heavy atom. The molecule has 5 nitrogen and oxygen atoms in total. The first-order chi connectivity index (χ1) is 13.4. The lowest BCUT2D eigenvalue weighted by Gasteiger charge is -2.42. The predicted molar refractivity (Wildman–Crippen MR) is 128 cm³/mol. The molecule has 7 heteroatoms. The van der Waals surface area contributed by atoms with Crippen LogP contribution in [-0.2, 0) is 5.41 Å². The number of hydrogen-bond acceptors (Lipinski definition) is 3. The van der Waals surface area contributed by atoms with E-state index < -0.39 is 16.5 Å². The molecule has 0 radical (unpaired) electrons. The number of rotatable bonds is 8. The van der Waals surface area contributed by atoms with E-state index in [9.17, 15) is 4.79 Å². The number of hydrogen-bond donors (Lipinski definition) is 2. The molecule has 2 N–H and O–H groups in total. The molecule has 0 saturated heterocycles. The zero-order valence-electron chi connectivity index (χ0n) is 18.9. The maximum atomic E-state index is 13.3. The van der Waals surface area contributed by atoms with Gasteiger partial charge in [0.25, 0.3) is 0 Å². The molecule has 0 spiro atoms. The summed E-state index contributed by atoms with van der Waals surface area (Å²) in [7, 11) is -3.41. The number of urea groups is 1. The molecule has 29 heavy (non-hydrogen) atoms. The summed E-state index contributed by atoms with van der Waals surface area (Å²) in [6.45, 7) is 17.1. The van der Waals surface area contributed by atoms with Gasteiger partial charge in [0.1, 0.15) is 8.24 Å². The van der Waals surface area contributed by atoms with Crippen molar-refractivity contribution in [1.82, 2.24) is 14.5 Å². The molecular weight excluding hydrogens is 392 g/mol. The molecule has 2 aromatic rings. The molecular formula is C22H36N4OSi2. The first-order valence-corrected chi connectivity index (χ1v) is 17.2. The van der Waals surface area contributed by atoms with Gasteiger partial charge in [-0.05, 0) is 24.3 Å². The Labute approximate surface area is 178 Å². The number of amides is 2. The number of nitrogens with one attached hydrogen (secondary N) is 2. The van der Waals surface area contributed by atoms with Crippen LogP contribution in [0.2, 0.25) is 39.3 Å². The number of pyridine rings is 1. The SMILES string of the molecule is CC(CN[Si](C)(C)C)(CN(C(=O)Nc1ccccc1)[Si](C)(C)C)c1ccccn1. The standard InChI is InChI=1S/C22H36N4OSi2/c1-22(17-24-28(2,3)4,20-15-11-12-16-23-20)18-26(29(5,6)7)21(27)25-19-13-9-8-10-14-19/h8-16,24H,17-18H2,1-7H3,(H,25,27). The van der Waals surface area contributed by atoms with Gasteiger partial charge >= 0.3 is 6.03 Å². The van der Waals surface area contributed by atoms with Crippen molar-refractivity contribution in [1.29, 1.82) is 0 Å². The molecule has 0 aliphatic rings. The van der Waals surface area contributed by atoms with Gasteiger partial charge in [0.2, 0.25) is 0 Å².